The molecule has 6 heteroatoms. The summed E-state index contributed by atoms with van der Waals surface area (Å²) < 4.78 is 2.02. The molecule has 1 fully saturated rings. The van der Waals surface area contributed by atoms with E-state index in [9.17, 15) is 0 Å². The number of nitrogens with zero attached hydrogens (tertiary/aromatic N) is 5. The monoisotopic (exact) mass is 341 g/mol. The molecule has 1 aliphatic heterocycles. The normalized spacial score (nSPS) is 16.2. The molecule has 0 saturated carbocycles. The van der Waals surface area contributed by atoms with Crippen molar-refractivity contribution in [2.45, 2.75) is 45.6 Å². The average molecular weight is 341 g/mol. The molecule has 4 heterocycles. The number of hydrogen-bond acceptors (Lipinski definition) is 5. The minimum absolute atomic E-state index is 0.618. The van der Waals surface area contributed by atoms with Gasteiger partial charge in [-0.1, -0.05) is 6.92 Å². The SMILES string of the molecule is CCc1cc2c(N3CCC(c4cnn(CC)c4)CC3)ncnc2s1. The molecule has 0 radical (unpaired) electrons. The van der Waals surface area contributed by atoms with Gasteiger partial charge in [0.1, 0.15) is 17.0 Å². The highest BCUT2D eigenvalue weighted by molar-refractivity contribution is 7.18. The third kappa shape index (κ3) is 2.79. The maximum atomic E-state index is 4.60. The number of hydrogen-bond donors (Lipinski definition) is 0. The Morgan fingerprint density at radius 3 is 2.75 bits per heavy atom. The van der Waals surface area contributed by atoms with E-state index in [1.807, 2.05) is 10.9 Å². The molecule has 1 aliphatic rings. The van der Waals surface area contributed by atoms with Gasteiger partial charge in [0.25, 0.3) is 0 Å². The zero-order chi connectivity index (χ0) is 16.5. The fraction of sp³-hybridized carbons (Fsp3) is 0.500. The van der Waals surface area contributed by atoms with Gasteiger partial charge in [-0.3, -0.25) is 4.68 Å². The first kappa shape index (κ1) is 15.6. The van der Waals surface area contributed by atoms with E-state index in [0.29, 0.717) is 5.92 Å². The van der Waals surface area contributed by atoms with Crippen molar-refractivity contribution in [2.75, 3.05) is 18.0 Å². The van der Waals surface area contributed by atoms with Gasteiger partial charge in [0.05, 0.1) is 11.6 Å². The van der Waals surface area contributed by atoms with Gasteiger partial charge in [0, 0.05) is 30.7 Å². The molecule has 0 atom stereocenters. The Morgan fingerprint density at radius 1 is 1.21 bits per heavy atom. The number of rotatable bonds is 4. The van der Waals surface area contributed by atoms with E-state index < -0.39 is 0 Å². The first-order valence-electron chi connectivity index (χ1n) is 8.79. The third-order valence-corrected chi connectivity index (χ3v) is 6.14. The molecule has 0 N–H and O–H groups in total. The lowest BCUT2D eigenvalue weighted by molar-refractivity contribution is 0.503. The van der Waals surface area contributed by atoms with Crippen LogP contribution in [0.15, 0.2) is 24.8 Å². The summed E-state index contributed by atoms with van der Waals surface area (Å²) in [6.07, 6.45) is 9.33. The van der Waals surface area contributed by atoms with Crippen LogP contribution >= 0.6 is 11.3 Å². The molecule has 3 aromatic rings. The second-order valence-corrected chi connectivity index (χ2v) is 7.49. The fourth-order valence-electron chi connectivity index (χ4n) is 3.51. The molecule has 5 nitrogen and oxygen atoms in total. The maximum Gasteiger partial charge on any atom is 0.140 e. The quantitative estimate of drug-likeness (QED) is 0.723. The molecule has 1 saturated heterocycles. The Labute approximate surface area is 146 Å². The van der Waals surface area contributed by atoms with Crippen molar-refractivity contribution < 1.29 is 0 Å². The number of piperidine rings is 1. The van der Waals surface area contributed by atoms with E-state index in [2.05, 4.69) is 46.1 Å². The van der Waals surface area contributed by atoms with E-state index in [1.165, 1.54) is 15.8 Å². The van der Waals surface area contributed by atoms with Gasteiger partial charge < -0.3 is 4.90 Å². The third-order valence-electron chi connectivity index (χ3n) is 4.95. The van der Waals surface area contributed by atoms with Crippen LogP contribution in [-0.4, -0.2) is 32.8 Å². The number of thiophene rings is 1. The van der Waals surface area contributed by atoms with Crippen LogP contribution in [0.25, 0.3) is 10.2 Å². The Morgan fingerprint density at radius 2 is 2.04 bits per heavy atom. The number of aromatic nitrogens is 4. The van der Waals surface area contributed by atoms with Crippen molar-refractivity contribution >= 4 is 27.4 Å². The molecule has 0 bridgehead atoms. The Bertz CT molecular complexity index is 829. The van der Waals surface area contributed by atoms with Crippen molar-refractivity contribution in [2.24, 2.45) is 0 Å². The molecule has 24 heavy (non-hydrogen) atoms. The number of anilines is 1. The maximum absolute atomic E-state index is 4.60. The highest BCUT2D eigenvalue weighted by Gasteiger charge is 2.24. The predicted molar refractivity (Wildman–Crippen MR) is 98.9 cm³/mol. The second kappa shape index (κ2) is 6.51. The van der Waals surface area contributed by atoms with Crippen LogP contribution in [-0.2, 0) is 13.0 Å². The molecule has 0 aromatic carbocycles. The molecule has 0 amide bonds. The van der Waals surface area contributed by atoms with Crippen molar-refractivity contribution in [3.8, 4) is 0 Å². The number of fused-ring (bicyclic) bond motifs is 1. The lowest BCUT2D eigenvalue weighted by Crippen LogP contribution is -2.33. The molecule has 4 rings (SSSR count). The Hall–Kier alpha value is -1.95. The molecule has 0 unspecified atom stereocenters. The Balaban J connectivity index is 1.52. The van der Waals surface area contributed by atoms with E-state index in [-0.39, 0.29) is 0 Å². The standard InChI is InChI=1S/C18H23N5S/c1-3-15-9-16-17(19-12-20-18(16)24-15)22-7-5-13(6-8-22)14-10-21-23(4-2)11-14/h9-13H,3-8H2,1-2H3. The van der Waals surface area contributed by atoms with E-state index in [4.69, 9.17) is 0 Å². The average Bonchev–Trinajstić information content (AvgIpc) is 3.28. The molecule has 3 aromatic heterocycles. The van der Waals surface area contributed by atoms with E-state index >= 15 is 0 Å². The smallest absolute Gasteiger partial charge is 0.140 e. The molecular formula is C18H23N5S. The van der Waals surface area contributed by atoms with Gasteiger partial charge >= 0.3 is 0 Å². The van der Waals surface area contributed by atoms with Crippen LogP contribution in [0, 0.1) is 0 Å². The summed E-state index contributed by atoms with van der Waals surface area (Å²) in [6.45, 7) is 7.36. The lowest BCUT2D eigenvalue weighted by atomic mass is 9.91. The summed E-state index contributed by atoms with van der Waals surface area (Å²) >= 11 is 1.79. The molecule has 126 valence electrons. The number of aryl methyl sites for hydroxylation is 2. The zero-order valence-electron chi connectivity index (χ0n) is 14.3. The highest BCUT2D eigenvalue weighted by atomic mass is 32.1. The van der Waals surface area contributed by atoms with Gasteiger partial charge in [0.15, 0.2) is 0 Å². The van der Waals surface area contributed by atoms with Crippen molar-refractivity contribution in [1.82, 2.24) is 19.7 Å². The summed E-state index contributed by atoms with van der Waals surface area (Å²) in [4.78, 5) is 14.0. The highest BCUT2D eigenvalue weighted by Crippen LogP contribution is 2.34. The lowest BCUT2D eigenvalue weighted by Gasteiger charge is -2.32. The van der Waals surface area contributed by atoms with Gasteiger partial charge in [-0.15, -0.1) is 11.3 Å². The minimum Gasteiger partial charge on any atom is -0.356 e. The van der Waals surface area contributed by atoms with Crippen LogP contribution in [0.1, 0.15) is 43.0 Å². The second-order valence-electron chi connectivity index (χ2n) is 6.37. The van der Waals surface area contributed by atoms with Crippen LogP contribution in [0.3, 0.4) is 0 Å². The van der Waals surface area contributed by atoms with E-state index in [0.717, 1.165) is 49.5 Å². The summed E-state index contributed by atoms with van der Waals surface area (Å²) in [5.74, 6) is 1.73. The van der Waals surface area contributed by atoms with E-state index in [1.54, 1.807) is 17.7 Å². The van der Waals surface area contributed by atoms with Gasteiger partial charge in [-0.25, -0.2) is 9.97 Å². The summed E-state index contributed by atoms with van der Waals surface area (Å²) in [6, 6.07) is 2.27. The topological polar surface area (TPSA) is 46.8 Å². The van der Waals surface area contributed by atoms with Crippen molar-refractivity contribution in [1.29, 1.82) is 0 Å². The fourth-order valence-corrected chi connectivity index (χ4v) is 4.44. The van der Waals surface area contributed by atoms with Gasteiger partial charge in [-0.2, -0.15) is 5.10 Å². The van der Waals surface area contributed by atoms with Gasteiger partial charge in [0.2, 0.25) is 0 Å². The largest absolute Gasteiger partial charge is 0.356 e. The van der Waals surface area contributed by atoms with Gasteiger partial charge in [-0.05, 0) is 43.7 Å². The van der Waals surface area contributed by atoms with Crippen LogP contribution in [0.4, 0.5) is 5.82 Å². The van der Waals surface area contributed by atoms with Crippen LogP contribution < -0.4 is 4.90 Å². The van der Waals surface area contributed by atoms with Crippen LogP contribution in [0.2, 0.25) is 0 Å². The molecule has 0 aliphatic carbocycles. The van der Waals surface area contributed by atoms with Crippen molar-refractivity contribution in [3.05, 3.63) is 35.2 Å². The van der Waals surface area contributed by atoms with Crippen molar-refractivity contribution in [3.63, 3.8) is 0 Å². The first-order valence-corrected chi connectivity index (χ1v) is 9.60. The predicted octanol–water partition coefficient (Wildman–Crippen LogP) is 3.85. The zero-order valence-corrected chi connectivity index (χ0v) is 15.1. The minimum atomic E-state index is 0.618. The molecular weight excluding hydrogens is 318 g/mol. The first-order chi connectivity index (χ1) is 11.8. The van der Waals surface area contributed by atoms with Crippen LogP contribution in [0.5, 0.6) is 0 Å². The summed E-state index contributed by atoms with van der Waals surface area (Å²) in [7, 11) is 0. The summed E-state index contributed by atoms with van der Waals surface area (Å²) in [5, 5.41) is 5.64. The summed E-state index contributed by atoms with van der Waals surface area (Å²) in [5.41, 5.74) is 1.38. The molecule has 0 spiro atoms. The Kier molecular flexibility index (Phi) is 4.22.